The van der Waals surface area contributed by atoms with Gasteiger partial charge in [-0.1, -0.05) is 38.1 Å². The fraction of sp³-hybridized carbons (Fsp3) is 0.381. The third-order valence-electron chi connectivity index (χ3n) is 4.62. The Morgan fingerprint density at radius 2 is 1.61 bits per heavy atom. The molecule has 6 nitrogen and oxygen atoms in total. The van der Waals surface area contributed by atoms with E-state index in [4.69, 9.17) is 0 Å². The van der Waals surface area contributed by atoms with Crippen LogP contribution in [-0.2, 0) is 10.0 Å². The van der Waals surface area contributed by atoms with E-state index in [1.165, 1.54) is 16.4 Å². The van der Waals surface area contributed by atoms with E-state index in [9.17, 15) is 13.2 Å². The van der Waals surface area contributed by atoms with Gasteiger partial charge in [0.15, 0.2) is 0 Å². The fourth-order valence-electron chi connectivity index (χ4n) is 2.98. The van der Waals surface area contributed by atoms with Gasteiger partial charge in [0.2, 0.25) is 0 Å². The molecule has 0 radical (unpaired) electrons. The normalized spacial score (nSPS) is 11.4. The molecule has 2 aromatic rings. The first kappa shape index (κ1) is 21.9. The van der Waals surface area contributed by atoms with Crippen LogP contribution in [-0.4, -0.2) is 51.9 Å². The van der Waals surface area contributed by atoms with Crippen molar-refractivity contribution in [3.63, 3.8) is 0 Å². The summed E-state index contributed by atoms with van der Waals surface area (Å²) in [5.41, 5.74) is 0.934. The predicted molar refractivity (Wildman–Crippen MR) is 113 cm³/mol. The van der Waals surface area contributed by atoms with Gasteiger partial charge < -0.3 is 10.2 Å². The number of nitrogens with one attached hydrogen (secondary N) is 1. The zero-order valence-electron chi connectivity index (χ0n) is 16.8. The lowest BCUT2D eigenvalue weighted by Crippen LogP contribution is -2.35. The Bertz CT molecular complexity index is 865. The minimum absolute atomic E-state index is 0.106. The van der Waals surface area contributed by atoms with Crippen molar-refractivity contribution in [2.45, 2.75) is 25.7 Å². The summed E-state index contributed by atoms with van der Waals surface area (Å²) in [5, 5.41) is 2.86. The molecule has 2 rings (SSSR count). The monoisotopic (exact) mass is 403 g/mol. The van der Waals surface area contributed by atoms with Crippen LogP contribution in [0.25, 0.3) is 0 Å². The van der Waals surface area contributed by atoms with Crippen molar-refractivity contribution in [2.75, 3.05) is 37.0 Å². The van der Waals surface area contributed by atoms with Crippen LogP contribution in [0.1, 0.15) is 31.1 Å². The molecular formula is C21H29N3O3S. The fourth-order valence-corrected chi connectivity index (χ4v) is 4.50. The second kappa shape index (κ2) is 10.2. The Labute approximate surface area is 168 Å². The highest BCUT2D eigenvalue weighted by Gasteiger charge is 2.24. The molecule has 0 aliphatic carbocycles. The SMILES string of the molecule is CCN(CC)CCNC(=O)c1cccc(S(=O)(=O)N(CC)c2ccccc2)c1. The van der Waals surface area contributed by atoms with Crippen molar-refractivity contribution in [3.8, 4) is 0 Å². The van der Waals surface area contributed by atoms with Crippen LogP contribution in [0.4, 0.5) is 5.69 Å². The van der Waals surface area contributed by atoms with Gasteiger partial charge in [-0.3, -0.25) is 9.10 Å². The summed E-state index contributed by atoms with van der Waals surface area (Å²) < 4.78 is 27.6. The molecule has 0 saturated heterocycles. The van der Waals surface area contributed by atoms with E-state index in [1.807, 2.05) is 6.07 Å². The van der Waals surface area contributed by atoms with Gasteiger partial charge in [-0.05, 0) is 50.3 Å². The van der Waals surface area contributed by atoms with Crippen LogP contribution in [0.3, 0.4) is 0 Å². The van der Waals surface area contributed by atoms with Crippen molar-refractivity contribution < 1.29 is 13.2 Å². The largest absolute Gasteiger partial charge is 0.351 e. The standard InChI is InChI=1S/C21H29N3O3S/c1-4-23(5-2)16-15-22-21(25)18-11-10-14-20(17-18)28(26,27)24(6-3)19-12-8-7-9-13-19/h7-14,17H,4-6,15-16H2,1-3H3,(H,22,25). The third kappa shape index (κ3) is 5.33. The number of sulfonamides is 1. The van der Waals surface area contributed by atoms with E-state index in [0.717, 1.165) is 19.6 Å². The second-order valence-corrected chi connectivity index (χ2v) is 8.18. The lowest BCUT2D eigenvalue weighted by Gasteiger charge is -2.23. The molecule has 0 heterocycles. The van der Waals surface area contributed by atoms with Gasteiger partial charge in [0, 0.05) is 25.2 Å². The summed E-state index contributed by atoms with van der Waals surface area (Å²) in [4.78, 5) is 14.8. The molecule has 0 aliphatic rings. The quantitative estimate of drug-likeness (QED) is 0.662. The number of para-hydroxylation sites is 1. The van der Waals surface area contributed by atoms with Crippen LogP contribution in [0.15, 0.2) is 59.5 Å². The van der Waals surface area contributed by atoms with Crippen LogP contribution in [0, 0.1) is 0 Å². The number of likely N-dealkylation sites (N-methyl/N-ethyl adjacent to an activating group) is 1. The first-order chi connectivity index (χ1) is 13.4. The summed E-state index contributed by atoms with van der Waals surface area (Å²) in [7, 11) is -3.76. The van der Waals surface area contributed by atoms with E-state index in [1.54, 1.807) is 43.3 Å². The highest BCUT2D eigenvalue weighted by Crippen LogP contribution is 2.23. The Balaban J connectivity index is 2.18. The molecule has 0 bridgehead atoms. The molecule has 1 N–H and O–H groups in total. The van der Waals surface area contributed by atoms with E-state index in [0.29, 0.717) is 24.3 Å². The van der Waals surface area contributed by atoms with Crippen molar-refractivity contribution in [1.82, 2.24) is 10.2 Å². The lowest BCUT2D eigenvalue weighted by molar-refractivity contribution is 0.0948. The molecule has 1 amide bonds. The summed E-state index contributed by atoms with van der Waals surface area (Å²) >= 11 is 0. The average molecular weight is 404 g/mol. The number of carbonyl (C=O) groups is 1. The molecule has 0 aliphatic heterocycles. The van der Waals surface area contributed by atoms with Gasteiger partial charge in [-0.15, -0.1) is 0 Å². The van der Waals surface area contributed by atoms with Crippen LogP contribution in [0.2, 0.25) is 0 Å². The molecule has 0 unspecified atom stereocenters. The predicted octanol–water partition coefficient (Wildman–Crippen LogP) is 2.97. The number of benzene rings is 2. The van der Waals surface area contributed by atoms with Gasteiger partial charge in [-0.2, -0.15) is 0 Å². The van der Waals surface area contributed by atoms with Crippen molar-refractivity contribution in [3.05, 3.63) is 60.2 Å². The van der Waals surface area contributed by atoms with Crippen molar-refractivity contribution in [1.29, 1.82) is 0 Å². The van der Waals surface area contributed by atoms with Gasteiger partial charge >= 0.3 is 0 Å². The maximum Gasteiger partial charge on any atom is 0.264 e. The average Bonchev–Trinajstić information content (AvgIpc) is 2.72. The number of amides is 1. The molecule has 28 heavy (non-hydrogen) atoms. The number of carbonyl (C=O) groups excluding carboxylic acids is 1. The molecular weight excluding hydrogens is 374 g/mol. The van der Waals surface area contributed by atoms with Gasteiger partial charge in [0.25, 0.3) is 15.9 Å². The number of nitrogens with zero attached hydrogens (tertiary/aromatic N) is 2. The third-order valence-corrected chi connectivity index (χ3v) is 6.52. The van der Waals surface area contributed by atoms with Gasteiger partial charge in [-0.25, -0.2) is 8.42 Å². The van der Waals surface area contributed by atoms with Crippen molar-refractivity contribution in [2.24, 2.45) is 0 Å². The van der Waals surface area contributed by atoms with E-state index in [-0.39, 0.29) is 10.8 Å². The van der Waals surface area contributed by atoms with Gasteiger partial charge in [0.1, 0.15) is 0 Å². The molecule has 0 spiro atoms. The topological polar surface area (TPSA) is 69.7 Å². The molecule has 0 fully saturated rings. The number of anilines is 1. The van der Waals surface area contributed by atoms with Crippen molar-refractivity contribution >= 4 is 21.6 Å². The zero-order chi connectivity index (χ0) is 20.6. The number of hydrogen-bond donors (Lipinski definition) is 1. The molecule has 152 valence electrons. The number of hydrogen-bond acceptors (Lipinski definition) is 4. The highest BCUT2D eigenvalue weighted by molar-refractivity contribution is 7.92. The second-order valence-electron chi connectivity index (χ2n) is 6.32. The smallest absolute Gasteiger partial charge is 0.264 e. The minimum Gasteiger partial charge on any atom is -0.351 e. The van der Waals surface area contributed by atoms with Gasteiger partial charge in [0.05, 0.1) is 10.6 Å². The lowest BCUT2D eigenvalue weighted by atomic mass is 10.2. The summed E-state index contributed by atoms with van der Waals surface area (Å²) in [6.07, 6.45) is 0. The Morgan fingerprint density at radius 3 is 2.21 bits per heavy atom. The maximum atomic E-state index is 13.1. The molecule has 2 aromatic carbocycles. The maximum absolute atomic E-state index is 13.1. The van der Waals surface area contributed by atoms with Crippen LogP contribution >= 0.6 is 0 Å². The highest BCUT2D eigenvalue weighted by atomic mass is 32.2. The van der Waals surface area contributed by atoms with E-state index in [2.05, 4.69) is 24.1 Å². The molecule has 0 atom stereocenters. The Kier molecular flexibility index (Phi) is 8.02. The zero-order valence-corrected chi connectivity index (χ0v) is 17.6. The van der Waals surface area contributed by atoms with Crippen LogP contribution < -0.4 is 9.62 Å². The van der Waals surface area contributed by atoms with Crippen LogP contribution in [0.5, 0.6) is 0 Å². The first-order valence-corrected chi connectivity index (χ1v) is 11.1. The molecule has 7 heteroatoms. The first-order valence-electron chi connectivity index (χ1n) is 9.62. The van der Waals surface area contributed by atoms with E-state index >= 15 is 0 Å². The summed E-state index contributed by atoms with van der Waals surface area (Å²) in [6, 6.07) is 15.1. The Hall–Kier alpha value is -2.38. The minimum atomic E-state index is -3.76. The van der Waals surface area contributed by atoms with E-state index < -0.39 is 10.0 Å². The number of rotatable bonds is 10. The summed E-state index contributed by atoms with van der Waals surface area (Å²) in [5.74, 6) is -0.271. The molecule has 0 aromatic heterocycles. The summed E-state index contributed by atoms with van der Waals surface area (Å²) in [6.45, 7) is 9.36. The Morgan fingerprint density at radius 1 is 0.929 bits per heavy atom. The molecule has 0 saturated carbocycles.